The molecule has 1 unspecified atom stereocenters. The van der Waals surface area contributed by atoms with Crippen molar-refractivity contribution < 1.29 is 24.0 Å². The van der Waals surface area contributed by atoms with Gasteiger partial charge in [-0.3, -0.25) is 14.9 Å². The summed E-state index contributed by atoms with van der Waals surface area (Å²) in [5.74, 6) is -0.157. The van der Waals surface area contributed by atoms with Crippen molar-refractivity contribution in [1.82, 2.24) is 14.9 Å². The van der Waals surface area contributed by atoms with Crippen LogP contribution < -0.4 is 21.7 Å². The van der Waals surface area contributed by atoms with E-state index in [0.29, 0.717) is 31.0 Å². The zero-order valence-electron chi connectivity index (χ0n) is 27.1. The standard InChI is InChI=1S/C32H45N7O6/c1-8-21-10-12-22(13-11-21)23-18-38(17-9-16-34-27-15-14-26(39(42)43)28(33)37-27)19-24(23)35-29(40)25(20-44-31(2,3)4)36-30(41)45-32(5,6)7/h10-15,18-19,25H,8-9,16-17,20H2,1-7H3,(H,35,40)(H,36,41)(H3,33,34,37). The third-order valence-electron chi connectivity index (χ3n) is 6.50. The Morgan fingerprint density at radius 3 is 2.31 bits per heavy atom. The van der Waals surface area contributed by atoms with Gasteiger partial charge in [-0.05, 0) is 71.6 Å². The van der Waals surface area contributed by atoms with E-state index in [9.17, 15) is 19.7 Å². The Labute approximate surface area is 264 Å². The number of aromatic nitrogens is 2. The zero-order valence-corrected chi connectivity index (χ0v) is 27.1. The minimum atomic E-state index is -1.01. The molecule has 0 radical (unpaired) electrons. The molecule has 1 atom stereocenters. The molecule has 0 aliphatic heterocycles. The van der Waals surface area contributed by atoms with Gasteiger partial charge in [-0.1, -0.05) is 31.2 Å². The molecule has 3 aromatic rings. The molecule has 0 saturated carbocycles. The number of amides is 2. The van der Waals surface area contributed by atoms with Crippen molar-refractivity contribution >= 4 is 35.0 Å². The monoisotopic (exact) mass is 623 g/mol. The van der Waals surface area contributed by atoms with E-state index in [1.54, 1.807) is 20.8 Å². The number of rotatable bonds is 13. The van der Waals surface area contributed by atoms with Crippen molar-refractivity contribution in [3.8, 4) is 11.1 Å². The molecule has 0 fully saturated rings. The zero-order chi connectivity index (χ0) is 33.4. The van der Waals surface area contributed by atoms with Crippen LogP contribution in [0.1, 0.15) is 60.5 Å². The molecule has 0 aliphatic carbocycles. The number of nitrogens with zero attached hydrogens (tertiary/aromatic N) is 3. The Morgan fingerprint density at radius 2 is 1.73 bits per heavy atom. The molecule has 13 nitrogen and oxygen atoms in total. The summed E-state index contributed by atoms with van der Waals surface area (Å²) in [6.07, 6.45) is 4.67. The summed E-state index contributed by atoms with van der Waals surface area (Å²) < 4.78 is 13.2. The lowest BCUT2D eigenvalue weighted by Gasteiger charge is -2.26. The highest BCUT2D eigenvalue weighted by molar-refractivity contribution is 5.99. The molecule has 3 rings (SSSR count). The smallest absolute Gasteiger partial charge is 0.408 e. The van der Waals surface area contributed by atoms with Crippen molar-refractivity contribution in [3.05, 3.63) is 64.5 Å². The lowest BCUT2D eigenvalue weighted by atomic mass is 10.0. The second-order valence-electron chi connectivity index (χ2n) is 12.6. The maximum atomic E-state index is 13.6. The third kappa shape index (κ3) is 11.1. The molecular weight excluding hydrogens is 578 g/mol. The average Bonchev–Trinajstić information content (AvgIpc) is 3.34. The number of ether oxygens (including phenoxy) is 2. The Bertz CT molecular complexity index is 1470. The fourth-order valence-electron chi connectivity index (χ4n) is 4.27. The number of hydrogen-bond donors (Lipinski definition) is 4. The molecule has 0 spiro atoms. The van der Waals surface area contributed by atoms with Gasteiger partial charge < -0.3 is 35.7 Å². The summed E-state index contributed by atoms with van der Waals surface area (Å²) in [7, 11) is 0. The summed E-state index contributed by atoms with van der Waals surface area (Å²) in [6.45, 7) is 14.0. The van der Waals surface area contributed by atoms with Crippen LogP contribution in [-0.2, 0) is 27.2 Å². The summed E-state index contributed by atoms with van der Waals surface area (Å²) in [5.41, 5.74) is 7.69. The summed E-state index contributed by atoms with van der Waals surface area (Å²) >= 11 is 0. The van der Waals surface area contributed by atoms with E-state index in [2.05, 4.69) is 40.0 Å². The number of nitrogen functional groups attached to an aromatic ring is 1. The van der Waals surface area contributed by atoms with Crippen LogP contribution in [0.25, 0.3) is 11.1 Å². The predicted molar refractivity (Wildman–Crippen MR) is 175 cm³/mol. The van der Waals surface area contributed by atoms with E-state index in [0.717, 1.165) is 17.5 Å². The Kier molecular flexibility index (Phi) is 11.5. The van der Waals surface area contributed by atoms with Crippen molar-refractivity contribution in [1.29, 1.82) is 0 Å². The van der Waals surface area contributed by atoms with E-state index in [-0.39, 0.29) is 18.1 Å². The molecule has 244 valence electrons. The summed E-state index contributed by atoms with van der Waals surface area (Å²) in [5, 5.41) is 19.8. The molecule has 0 bridgehead atoms. The Hall–Kier alpha value is -4.65. The number of nitrogens with two attached hydrogens (primary N) is 1. The first-order valence-electron chi connectivity index (χ1n) is 14.9. The second kappa shape index (κ2) is 14.9. The van der Waals surface area contributed by atoms with Crippen molar-refractivity contribution in [3.63, 3.8) is 0 Å². The first kappa shape index (κ1) is 34.8. The lowest BCUT2D eigenvalue weighted by Crippen LogP contribution is -2.49. The van der Waals surface area contributed by atoms with Crippen LogP contribution in [0.2, 0.25) is 0 Å². The largest absolute Gasteiger partial charge is 0.444 e. The highest BCUT2D eigenvalue weighted by atomic mass is 16.6. The SMILES string of the molecule is CCc1ccc(-c2cn(CCCNc3ccc([N+](=O)[O-])c(N)n3)cc2NC(=O)C(COC(C)(C)C)NC(=O)OC(C)(C)C)cc1. The predicted octanol–water partition coefficient (Wildman–Crippen LogP) is 5.75. The van der Waals surface area contributed by atoms with Crippen molar-refractivity contribution in [2.45, 2.75) is 85.1 Å². The van der Waals surface area contributed by atoms with Crippen LogP contribution in [-0.4, -0.2) is 56.9 Å². The van der Waals surface area contributed by atoms with Gasteiger partial charge in [-0.15, -0.1) is 0 Å². The van der Waals surface area contributed by atoms with Gasteiger partial charge in [0.05, 0.1) is 22.8 Å². The molecule has 0 saturated heterocycles. The average molecular weight is 624 g/mol. The van der Waals surface area contributed by atoms with E-state index in [4.69, 9.17) is 15.2 Å². The van der Waals surface area contributed by atoms with E-state index < -0.39 is 34.2 Å². The topological polar surface area (TPSA) is 176 Å². The van der Waals surface area contributed by atoms with Crippen LogP contribution in [0.15, 0.2) is 48.8 Å². The van der Waals surface area contributed by atoms with Gasteiger partial charge in [0.2, 0.25) is 11.7 Å². The maximum Gasteiger partial charge on any atom is 0.408 e. The van der Waals surface area contributed by atoms with Gasteiger partial charge in [0.1, 0.15) is 17.5 Å². The van der Waals surface area contributed by atoms with Crippen molar-refractivity contribution in [2.75, 3.05) is 29.5 Å². The maximum absolute atomic E-state index is 13.6. The summed E-state index contributed by atoms with van der Waals surface area (Å²) in [4.78, 5) is 40.7. The number of alkyl carbamates (subject to hydrolysis) is 1. The number of pyridine rings is 1. The molecule has 5 N–H and O–H groups in total. The normalized spacial score (nSPS) is 12.3. The number of nitro groups is 1. The molecule has 1 aromatic carbocycles. The number of carbonyl (C=O) groups excluding carboxylic acids is 2. The quantitative estimate of drug-likeness (QED) is 0.105. The Balaban J connectivity index is 1.78. The summed E-state index contributed by atoms with van der Waals surface area (Å²) in [6, 6.07) is 9.95. The number of anilines is 3. The van der Waals surface area contributed by atoms with E-state index in [1.165, 1.54) is 17.7 Å². The Morgan fingerprint density at radius 1 is 1.04 bits per heavy atom. The molecular formula is C32H45N7O6. The van der Waals surface area contributed by atoms with Crippen LogP contribution in [0.5, 0.6) is 0 Å². The number of benzene rings is 1. The fraction of sp³-hybridized carbons (Fsp3) is 0.469. The fourth-order valence-corrected chi connectivity index (χ4v) is 4.27. The minimum absolute atomic E-state index is 0.0529. The number of carbonyl (C=O) groups is 2. The lowest BCUT2D eigenvalue weighted by molar-refractivity contribution is -0.384. The van der Waals surface area contributed by atoms with Crippen molar-refractivity contribution in [2.24, 2.45) is 0 Å². The highest BCUT2D eigenvalue weighted by Crippen LogP contribution is 2.30. The van der Waals surface area contributed by atoms with E-state index >= 15 is 0 Å². The number of hydrogen-bond acceptors (Lipinski definition) is 9. The minimum Gasteiger partial charge on any atom is -0.444 e. The van der Waals surface area contributed by atoms with E-state index in [1.807, 2.05) is 49.9 Å². The van der Waals surface area contributed by atoms with Gasteiger partial charge in [0.15, 0.2) is 0 Å². The van der Waals surface area contributed by atoms with Crippen LogP contribution in [0.4, 0.5) is 27.8 Å². The highest BCUT2D eigenvalue weighted by Gasteiger charge is 2.27. The third-order valence-corrected chi connectivity index (χ3v) is 6.50. The van der Waals surface area contributed by atoms with Crippen LogP contribution >= 0.6 is 0 Å². The number of aryl methyl sites for hydroxylation is 2. The van der Waals surface area contributed by atoms with Gasteiger partial charge in [-0.2, -0.15) is 0 Å². The molecule has 2 amide bonds. The van der Waals surface area contributed by atoms with Gasteiger partial charge in [0, 0.05) is 37.1 Å². The first-order valence-corrected chi connectivity index (χ1v) is 14.9. The molecule has 2 aromatic heterocycles. The van der Waals surface area contributed by atoms with Gasteiger partial charge >= 0.3 is 11.8 Å². The van der Waals surface area contributed by atoms with Crippen LogP contribution in [0.3, 0.4) is 0 Å². The molecule has 2 heterocycles. The first-order chi connectivity index (χ1) is 21.0. The molecule has 45 heavy (non-hydrogen) atoms. The molecule has 0 aliphatic rings. The van der Waals surface area contributed by atoms with Gasteiger partial charge in [0.25, 0.3) is 0 Å². The number of nitrogens with one attached hydrogen (secondary N) is 3. The van der Waals surface area contributed by atoms with Gasteiger partial charge in [-0.25, -0.2) is 9.78 Å². The second-order valence-corrected chi connectivity index (χ2v) is 12.6. The molecule has 13 heteroatoms. The van der Waals surface area contributed by atoms with Crippen LogP contribution in [0, 0.1) is 10.1 Å².